The van der Waals surface area contributed by atoms with Gasteiger partial charge in [0.25, 0.3) is 0 Å². The Labute approximate surface area is 97.0 Å². The van der Waals surface area contributed by atoms with E-state index in [-0.39, 0.29) is 0 Å². The standard InChI is InChI=1S/C14H19NO/c1-15-13-9-14(6-3-7-14)12-5-4-10(16-2)8-11(12)13/h4-5,8,13,15H,3,6-7,9H2,1-2H3. The van der Waals surface area contributed by atoms with Crippen molar-refractivity contribution in [3.63, 3.8) is 0 Å². The Kier molecular flexibility index (Phi) is 2.21. The van der Waals surface area contributed by atoms with E-state index in [4.69, 9.17) is 4.74 Å². The second-order valence-electron chi connectivity index (χ2n) is 5.13. The summed E-state index contributed by atoms with van der Waals surface area (Å²) in [6.45, 7) is 0. The van der Waals surface area contributed by atoms with Crippen molar-refractivity contribution in [2.75, 3.05) is 14.2 Å². The minimum Gasteiger partial charge on any atom is -0.497 e. The molecular weight excluding hydrogens is 198 g/mol. The van der Waals surface area contributed by atoms with Gasteiger partial charge in [0.05, 0.1) is 7.11 Å². The lowest BCUT2D eigenvalue weighted by Crippen LogP contribution is -2.32. The summed E-state index contributed by atoms with van der Waals surface area (Å²) < 4.78 is 5.32. The Morgan fingerprint density at radius 1 is 1.38 bits per heavy atom. The largest absolute Gasteiger partial charge is 0.497 e. The summed E-state index contributed by atoms with van der Waals surface area (Å²) in [7, 11) is 3.80. The van der Waals surface area contributed by atoms with E-state index in [9.17, 15) is 0 Å². The molecule has 16 heavy (non-hydrogen) atoms. The Morgan fingerprint density at radius 2 is 2.19 bits per heavy atom. The summed E-state index contributed by atoms with van der Waals surface area (Å²) in [5, 5.41) is 3.44. The third-order valence-corrected chi connectivity index (χ3v) is 4.46. The first-order valence-corrected chi connectivity index (χ1v) is 6.15. The van der Waals surface area contributed by atoms with Crippen molar-refractivity contribution >= 4 is 0 Å². The SMILES string of the molecule is CNC1CC2(CCC2)c2ccc(OC)cc21. The van der Waals surface area contributed by atoms with Crippen LogP contribution in [0, 0.1) is 0 Å². The number of benzene rings is 1. The van der Waals surface area contributed by atoms with Gasteiger partial charge in [-0.3, -0.25) is 0 Å². The maximum Gasteiger partial charge on any atom is 0.119 e. The highest BCUT2D eigenvalue weighted by Crippen LogP contribution is 2.56. The van der Waals surface area contributed by atoms with Crippen molar-refractivity contribution in [3.8, 4) is 5.75 Å². The number of methoxy groups -OCH3 is 1. The van der Waals surface area contributed by atoms with Gasteiger partial charge in [0.15, 0.2) is 0 Å². The topological polar surface area (TPSA) is 21.3 Å². The lowest BCUT2D eigenvalue weighted by Gasteiger charge is -2.39. The van der Waals surface area contributed by atoms with Gasteiger partial charge in [-0.05, 0) is 55.0 Å². The molecule has 0 amide bonds. The summed E-state index contributed by atoms with van der Waals surface area (Å²) in [6.07, 6.45) is 5.39. The molecular formula is C14H19NO. The van der Waals surface area contributed by atoms with Gasteiger partial charge in [0.2, 0.25) is 0 Å². The van der Waals surface area contributed by atoms with Crippen LogP contribution in [0.15, 0.2) is 18.2 Å². The van der Waals surface area contributed by atoms with E-state index in [0.29, 0.717) is 11.5 Å². The monoisotopic (exact) mass is 217 g/mol. The van der Waals surface area contributed by atoms with E-state index < -0.39 is 0 Å². The van der Waals surface area contributed by atoms with Crippen molar-refractivity contribution in [2.45, 2.75) is 37.1 Å². The fourth-order valence-corrected chi connectivity index (χ4v) is 3.38. The third-order valence-electron chi connectivity index (χ3n) is 4.46. The van der Waals surface area contributed by atoms with E-state index in [1.165, 1.54) is 31.2 Å². The molecule has 0 aromatic heterocycles. The fourth-order valence-electron chi connectivity index (χ4n) is 3.38. The van der Waals surface area contributed by atoms with E-state index in [1.807, 2.05) is 0 Å². The maximum atomic E-state index is 5.32. The lowest BCUT2D eigenvalue weighted by atomic mass is 9.65. The zero-order valence-electron chi connectivity index (χ0n) is 10.0. The van der Waals surface area contributed by atoms with Crippen molar-refractivity contribution in [1.29, 1.82) is 0 Å². The van der Waals surface area contributed by atoms with Crippen molar-refractivity contribution in [3.05, 3.63) is 29.3 Å². The Bertz CT molecular complexity index is 409. The maximum absolute atomic E-state index is 5.32. The van der Waals surface area contributed by atoms with Gasteiger partial charge in [-0.15, -0.1) is 0 Å². The van der Waals surface area contributed by atoms with E-state index in [1.54, 1.807) is 12.7 Å². The van der Waals surface area contributed by atoms with Crippen LogP contribution in [0.4, 0.5) is 0 Å². The molecule has 1 unspecified atom stereocenters. The molecule has 1 N–H and O–H groups in total. The molecule has 0 aliphatic heterocycles. The molecule has 2 nitrogen and oxygen atoms in total. The molecule has 2 heteroatoms. The summed E-state index contributed by atoms with van der Waals surface area (Å²) in [6, 6.07) is 7.12. The van der Waals surface area contributed by atoms with Crippen LogP contribution in [0.3, 0.4) is 0 Å². The number of hydrogen-bond donors (Lipinski definition) is 1. The third kappa shape index (κ3) is 1.23. The van der Waals surface area contributed by atoms with Crippen molar-refractivity contribution < 1.29 is 4.74 Å². The van der Waals surface area contributed by atoms with Gasteiger partial charge in [0, 0.05) is 6.04 Å². The molecule has 3 rings (SSSR count). The van der Waals surface area contributed by atoms with Gasteiger partial charge in [-0.2, -0.15) is 0 Å². The van der Waals surface area contributed by atoms with Crippen molar-refractivity contribution in [2.24, 2.45) is 0 Å². The summed E-state index contributed by atoms with van der Waals surface area (Å²) in [4.78, 5) is 0. The van der Waals surface area contributed by atoms with Gasteiger partial charge < -0.3 is 10.1 Å². The van der Waals surface area contributed by atoms with E-state index in [0.717, 1.165) is 5.75 Å². The Hall–Kier alpha value is -1.02. The quantitative estimate of drug-likeness (QED) is 0.822. The number of nitrogens with one attached hydrogen (secondary N) is 1. The number of fused-ring (bicyclic) bond motifs is 2. The minimum absolute atomic E-state index is 0.495. The van der Waals surface area contributed by atoms with Crippen LogP contribution in [0.5, 0.6) is 5.75 Å². The first-order valence-electron chi connectivity index (χ1n) is 6.15. The molecule has 0 radical (unpaired) electrons. The summed E-state index contributed by atoms with van der Waals surface area (Å²) in [5.41, 5.74) is 3.52. The van der Waals surface area contributed by atoms with Gasteiger partial charge in [-0.1, -0.05) is 12.5 Å². The van der Waals surface area contributed by atoms with Crippen LogP contribution < -0.4 is 10.1 Å². The number of rotatable bonds is 2. The van der Waals surface area contributed by atoms with Crippen LogP contribution in [-0.4, -0.2) is 14.2 Å². The molecule has 1 spiro atoms. The first kappa shape index (κ1) is 10.2. The smallest absolute Gasteiger partial charge is 0.119 e. The van der Waals surface area contributed by atoms with Gasteiger partial charge in [0.1, 0.15) is 5.75 Å². The highest BCUT2D eigenvalue weighted by atomic mass is 16.5. The molecule has 2 aliphatic carbocycles. The number of ether oxygens (including phenoxy) is 1. The fraction of sp³-hybridized carbons (Fsp3) is 0.571. The van der Waals surface area contributed by atoms with Crippen molar-refractivity contribution in [1.82, 2.24) is 5.32 Å². The van der Waals surface area contributed by atoms with Crippen LogP contribution in [0.2, 0.25) is 0 Å². The Morgan fingerprint density at radius 3 is 2.75 bits per heavy atom. The number of hydrogen-bond acceptors (Lipinski definition) is 2. The molecule has 2 aliphatic rings. The lowest BCUT2D eigenvalue weighted by molar-refractivity contribution is 0.227. The van der Waals surface area contributed by atoms with Crippen LogP contribution >= 0.6 is 0 Å². The minimum atomic E-state index is 0.495. The summed E-state index contributed by atoms with van der Waals surface area (Å²) in [5.74, 6) is 0.982. The molecule has 0 heterocycles. The second kappa shape index (κ2) is 3.49. The summed E-state index contributed by atoms with van der Waals surface area (Å²) >= 11 is 0. The predicted octanol–water partition coefficient (Wildman–Crippen LogP) is 2.78. The Balaban J connectivity index is 2.07. The van der Waals surface area contributed by atoms with Gasteiger partial charge in [-0.25, -0.2) is 0 Å². The molecule has 0 bridgehead atoms. The zero-order chi connectivity index (χ0) is 11.2. The molecule has 1 atom stereocenters. The van der Waals surface area contributed by atoms with Crippen LogP contribution in [0.25, 0.3) is 0 Å². The zero-order valence-corrected chi connectivity index (χ0v) is 10.0. The molecule has 0 saturated heterocycles. The van der Waals surface area contributed by atoms with E-state index >= 15 is 0 Å². The second-order valence-corrected chi connectivity index (χ2v) is 5.13. The molecule has 1 aromatic carbocycles. The highest BCUT2D eigenvalue weighted by Gasteiger charge is 2.47. The van der Waals surface area contributed by atoms with E-state index in [2.05, 4.69) is 30.6 Å². The normalized spacial score (nSPS) is 25.2. The average Bonchev–Trinajstić information content (AvgIpc) is 2.62. The van der Waals surface area contributed by atoms with Crippen LogP contribution in [-0.2, 0) is 5.41 Å². The molecule has 1 fully saturated rings. The average molecular weight is 217 g/mol. The molecule has 1 saturated carbocycles. The molecule has 86 valence electrons. The predicted molar refractivity (Wildman–Crippen MR) is 64.9 cm³/mol. The molecule has 1 aromatic rings. The van der Waals surface area contributed by atoms with Crippen LogP contribution in [0.1, 0.15) is 42.9 Å². The van der Waals surface area contributed by atoms with Gasteiger partial charge >= 0.3 is 0 Å². The highest BCUT2D eigenvalue weighted by molar-refractivity contribution is 5.47. The first-order chi connectivity index (χ1) is 7.79.